The second-order valence-corrected chi connectivity index (χ2v) is 16.7. The van der Waals surface area contributed by atoms with Crippen LogP contribution in [0, 0.1) is 11.8 Å². The Balaban J connectivity index is 1.49. The minimum atomic E-state index is -1.19. The van der Waals surface area contributed by atoms with Gasteiger partial charge in [0.2, 0.25) is 5.91 Å². The van der Waals surface area contributed by atoms with Gasteiger partial charge < -0.3 is 45.1 Å². The van der Waals surface area contributed by atoms with Crippen LogP contribution < -0.4 is 26.1 Å². The standard InChI is InChI=1S/C44H71N9O8/c1-32(2)39(46-43(57)49(5)17-19-51-21-25-60-26-22-51)41(55)45-37(29-34-11-9-8-10-12-34)38(54)31-53(30-35-13-15-36(59-7)16-14-35)48-42(56)40(33(3)4)47-44(58)50(6)18-20-52-23-27-61-28-24-52/h8-16,32-33,37-40,54H,17-31H2,1-7H3,(H,45,55)(H,46,57)(H,47,58)(H,48,56)/t37?,38?,39-,40-/m0/s1. The zero-order valence-corrected chi connectivity index (χ0v) is 37.3. The lowest BCUT2D eigenvalue weighted by molar-refractivity contribution is -0.131. The van der Waals surface area contributed by atoms with Crippen molar-refractivity contribution in [1.82, 2.24) is 46.0 Å². The molecule has 4 rings (SSSR count). The number of benzene rings is 2. The number of morpholine rings is 2. The number of nitrogens with one attached hydrogen (secondary N) is 4. The van der Waals surface area contributed by atoms with Gasteiger partial charge in [0.25, 0.3) is 5.91 Å². The number of urea groups is 2. The Morgan fingerprint density at radius 3 is 1.67 bits per heavy atom. The highest BCUT2D eigenvalue weighted by atomic mass is 16.5. The summed E-state index contributed by atoms with van der Waals surface area (Å²) in [5, 5.41) is 22.6. The molecule has 5 N–H and O–H groups in total. The van der Waals surface area contributed by atoms with Crippen molar-refractivity contribution < 1.29 is 38.5 Å². The van der Waals surface area contributed by atoms with Gasteiger partial charge in [0, 0.05) is 79.5 Å². The summed E-state index contributed by atoms with van der Waals surface area (Å²) >= 11 is 0. The smallest absolute Gasteiger partial charge is 0.317 e. The lowest BCUT2D eigenvalue weighted by atomic mass is 9.98. The average Bonchev–Trinajstić information content (AvgIpc) is 3.26. The van der Waals surface area contributed by atoms with Gasteiger partial charge in [-0.25, -0.2) is 14.6 Å². The van der Waals surface area contributed by atoms with Crippen molar-refractivity contribution in [1.29, 1.82) is 0 Å². The number of carbonyl (C=O) groups excluding carboxylic acids is 4. The van der Waals surface area contributed by atoms with Gasteiger partial charge in [-0.15, -0.1) is 0 Å². The number of ether oxygens (including phenoxy) is 3. The molecule has 2 aromatic rings. The van der Waals surface area contributed by atoms with Crippen molar-refractivity contribution in [3.63, 3.8) is 0 Å². The van der Waals surface area contributed by atoms with Crippen LogP contribution in [0.2, 0.25) is 0 Å². The normalized spacial score (nSPS) is 17.0. The van der Waals surface area contributed by atoms with Gasteiger partial charge in [-0.1, -0.05) is 70.2 Å². The van der Waals surface area contributed by atoms with Gasteiger partial charge in [-0.2, -0.15) is 0 Å². The maximum atomic E-state index is 14.1. The quantitative estimate of drug-likeness (QED) is 0.109. The predicted molar refractivity (Wildman–Crippen MR) is 234 cm³/mol. The Bertz CT molecular complexity index is 1620. The molecule has 2 saturated heterocycles. The number of carbonyl (C=O) groups is 4. The Morgan fingerprint density at radius 2 is 1.20 bits per heavy atom. The molecular formula is C44H71N9O8. The third-order valence-corrected chi connectivity index (χ3v) is 11.2. The maximum Gasteiger partial charge on any atom is 0.317 e. The first-order valence-electron chi connectivity index (χ1n) is 21.6. The summed E-state index contributed by atoms with van der Waals surface area (Å²) in [4.78, 5) is 62.6. The van der Waals surface area contributed by atoms with Gasteiger partial charge >= 0.3 is 12.1 Å². The van der Waals surface area contributed by atoms with Gasteiger partial charge in [0.15, 0.2) is 0 Å². The van der Waals surface area contributed by atoms with Crippen molar-refractivity contribution in [3.05, 3.63) is 65.7 Å². The highest BCUT2D eigenvalue weighted by molar-refractivity contribution is 5.88. The van der Waals surface area contributed by atoms with Crippen LogP contribution >= 0.6 is 0 Å². The first kappa shape index (κ1) is 49.1. The van der Waals surface area contributed by atoms with E-state index in [0.717, 1.165) is 37.3 Å². The lowest BCUT2D eigenvalue weighted by Crippen LogP contribution is -2.60. The van der Waals surface area contributed by atoms with Crippen LogP contribution in [0.15, 0.2) is 54.6 Å². The highest BCUT2D eigenvalue weighted by Crippen LogP contribution is 2.16. The first-order valence-corrected chi connectivity index (χ1v) is 21.6. The van der Waals surface area contributed by atoms with Crippen LogP contribution in [0.3, 0.4) is 0 Å². The lowest BCUT2D eigenvalue weighted by Gasteiger charge is -2.34. The summed E-state index contributed by atoms with van der Waals surface area (Å²) in [6, 6.07) is 13.5. The molecular weight excluding hydrogens is 783 g/mol. The van der Waals surface area contributed by atoms with Crippen LogP contribution in [0.1, 0.15) is 38.8 Å². The minimum Gasteiger partial charge on any atom is -0.497 e. The SMILES string of the molecule is COc1ccc(CN(CC(O)C(Cc2ccccc2)NC(=O)[C@@H](NC(=O)N(C)CCN2CCOCC2)C(C)C)NC(=O)[C@@H](NC(=O)N(C)CCN2CCOCC2)C(C)C)cc1. The molecule has 0 spiro atoms. The second kappa shape index (κ2) is 25.4. The zero-order chi connectivity index (χ0) is 44.3. The maximum absolute atomic E-state index is 14.1. The fourth-order valence-corrected chi connectivity index (χ4v) is 7.10. The minimum absolute atomic E-state index is 0.0866. The summed E-state index contributed by atoms with van der Waals surface area (Å²) in [6.07, 6.45) is -0.918. The highest BCUT2D eigenvalue weighted by Gasteiger charge is 2.33. The second-order valence-electron chi connectivity index (χ2n) is 16.7. The van der Waals surface area contributed by atoms with E-state index in [4.69, 9.17) is 14.2 Å². The van der Waals surface area contributed by atoms with Crippen LogP contribution in [-0.4, -0.2) is 184 Å². The van der Waals surface area contributed by atoms with Crippen molar-refractivity contribution in [3.8, 4) is 5.75 Å². The number of methoxy groups -OCH3 is 1. The first-order chi connectivity index (χ1) is 29.2. The number of aliphatic hydroxyl groups excluding tert-OH is 1. The predicted octanol–water partition coefficient (Wildman–Crippen LogP) is 1.61. The number of hydrazine groups is 1. The van der Waals surface area contributed by atoms with Gasteiger partial charge in [-0.05, 0) is 41.5 Å². The topological polar surface area (TPSA) is 181 Å². The largest absolute Gasteiger partial charge is 0.497 e. The molecule has 2 unspecified atom stereocenters. The van der Waals surface area contributed by atoms with Gasteiger partial charge in [0.05, 0.1) is 45.7 Å². The van der Waals surface area contributed by atoms with E-state index in [0.29, 0.717) is 58.4 Å². The molecule has 2 fully saturated rings. The third-order valence-electron chi connectivity index (χ3n) is 11.2. The zero-order valence-electron chi connectivity index (χ0n) is 37.3. The molecule has 2 aromatic carbocycles. The molecule has 0 radical (unpaired) electrons. The van der Waals surface area contributed by atoms with E-state index in [2.05, 4.69) is 31.2 Å². The average molecular weight is 854 g/mol. The fraction of sp³-hybridized carbons (Fsp3) is 0.636. The molecule has 0 aromatic heterocycles. The van der Waals surface area contributed by atoms with E-state index < -0.39 is 36.0 Å². The van der Waals surface area contributed by atoms with E-state index in [9.17, 15) is 24.3 Å². The fourth-order valence-electron chi connectivity index (χ4n) is 7.10. The van der Waals surface area contributed by atoms with Gasteiger partial charge in [-0.3, -0.25) is 24.8 Å². The molecule has 0 saturated carbocycles. The monoisotopic (exact) mass is 854 g/mol. The van der Waals surface area contributed by atoms with Crippen molar-refractivity contribution in [2.24, 2.45) is 11.8 Å². The van der Waals surface area contributed by atoms with Crippen LogP contribution in [0.5, 0.6) is 5.75 Å². The Hall–Kier alpha value is -4.52. The van der Waals surface area contributed by atoms with Crippen LogP contribution in [0.4, 0.5) is 9.59 Å². The van der Waals surface area contributed by atoms with E-state index >= 15 is 0 Å². The molecule has 2 aliphatic rings. The third kappa shape index (κ3) is 16.7. The molecule has 6 amide bonds. The number of aliphatic hydroxyl groups is 1. The van der Waals surface area contributed by atoms with Crippen LogP contribution in [-0.2, 0) is 32.0 Å². The molecule has 2 aliphatic heterocycles. The number of nitrogens with zero attached hydrogens (tertiary/aromatic N) is 5. The Kier molecular flexibility index (Phi) is 20.5. The van der Waals surface area contributed by atoms with Crippen molar-refractivity contribution in [2.45, 2.75) is 64.9 Å². The van der Waals surface area contributed by atoms with E-state index in [1.54, 1.807) is 36.0 Å². The molecule has 0 bridgehead atoms. The summed E-state index contributed by atoms with van der Waals surface area (Å²) in [7, 11) is 5.00. The van der Waals surface area contributed by atoms with E-state index in [1.807, 2.05) is 82.3 Å². The summed E-state index contributed by atoms with van der Waals surface area (Å²) in [6.45, 7) is 15.8. The van der Waals surface area contributed by atoms with Crippen molar-refractivity contribution in [2.75, 3.05) is 107 Å². The van der Waals surface area contributed by atoms with E-state index in [-0.39, 0.29) is 43.4 Å². The van der Waals surface area contributed by atoms with Crippen LogP contribution in [0.25, 0.3) is 0 Å². The van der Waals surface area contributed by atoms with E-state index in [1.165, 1.54) is 0 Å². The molecule has 4 atom stereocenters. The summed E-state index contributed by atoms with van der Waals surface area (Å²) < 4.78 is 16.2. The summed E-state index contributed by atoms with van der Waals surface area (Å²) in [5.41, 5.74) is 4.69. The number of likely N-dealkylation sites (N-methyl/N-ethyl adjacent to an activating group) is 2. The van der Waals surface area contributed by atoms with Gasteiger partial charge in [0.1, 0.15) is 17.8 Å². The molecule has 2 heterocycles. The number of amides is 6. The number of rotatable bonds is 22. The summed E-state index contributed by atoms with van der Waals surface area (Å²) in [5.74, 6) is -0.749. The Labute approximate surface area is 362 Å². The molecule has 61 heavy (non-hydrogen) atoms. The number of hydrogen-bond acceptors (Lipinski definition) is 11. The molecule has 17 nitrogen and oxygen atoms in total. The number of hydrogen-bond donors (Lipinski definition) is 5. The molecule has 0 aliphatic carbocycles. The molecule has 340 valence electrons. The Morgan fingerprint density at radius 1 is 0.705 bits per heavy atom. The molecule has 17 heteroatoms. The van der Waals surface area contributed by atoms with Crippen molar-refractivity contribution >= 4 is 23.9 Å².